The zero-order valence-electron chi connectivity index (χ0n) is 12.7. The fraction of sp³-hybridized carbons (Fsp3) is 0.143. The Hall–Kier alpha value is -2.34. The summed E-state index contributed by atoms with van der Waals surface area (Å²) in [5.41, 5.74) is 4.16. The van der Waals surface area contributed by atoms with E-state index in [1.807, 2.05) is 0 Å². The standard InChI is InChI=1S/C21H18/c1-13-7-6-10-17-15(3)21-18(14(2)20(13)17)12-11-16-8-4-5-9-19(16)21/h4-12H,1-3H3. The normalized spacial score (nSPS) is 11.6. The second-order valence-electron chi connectivity index (χ2n) is 5.96. The van der Waals surface area contributed by atoms with E-state index in [0.717, 1.165) is 0 Å². The lowest BCUT2D eigenvalue weighted by Gasteiger charge is -2.15. The number of hydrogen-bond donors (Lipinski definition) is 0. The van der Waals surface area contributed by atoms with Gasteiger partial charge in [-0.15, -0.1) is 0 Å². The molecule has 0 aliphatic carbocycles. The molecule has 0 aliphatic rings. The lowest BCUT2D eigenvalue weighted by Crippen LogP contribution is -1.91. The third kappa shape index (κ3) is 1.62. The first-order chi connectivity index (χ1) is 10.2. The molecule has 0 saturated heterocycles. The van der Waals surface area contributed by atoms with Crippen LogP contribution in [0.4, 0.5) is 0 Å². The molecule has 0 N–H and O–H groups in total. The fourth-order valence-corrected chi connectivity index (χ4v) is 3.74. The molecule has 4 aromatic rings. The van der Waals surface area contributed by atoms with Crippen LogP contribution in [0.15, 0.2) is 54.6 Å². The molecule has 0 bridgehead atoms. The highest BCUT2D eigenvalue weighted by molar-refractivity contribution is 6.16. The zero-order chi connectivity index (χ0) is 14.6. The summed E-state index contributed by atoms with van der Waals surface area (Å²) in [6.45, 7) is 6.73. The Balaban J connectivity index is 2.38. The van der Waals surface area contributed by atoms with Gasteiger partial charge in [0.05, 0.1) is 0 Å². The van der Waals surface area contributed by atoms with Crippen LogP contribution in [0.25, 0.3) is 32.3 Å². The molecular formula is C21H18. The van der Waals surface area contributed by atoms with E-state index >= 15 is 0 Å². The van der Waals surface area contributed by atoms with Gasteiger partial charge in [-0.2, -0.15) is 0 Å². The first kappa shape index (κ1) is 12.4. The van der Waals surface area contributed by atoms with E-state index < -0.39 is 0 Å². The average molecular weight is 270 g/mol. The minimum Gasteiger partial charge on any atom is -0.0616 e. The maximum Gasteiger partial charge on any atom is -0.00670 e. The van der Waals surface area contributed by atoms with Gasteiger partial charge in [-0.05, 0) is 69.8 Å². The molecule has 0 heterocycles. The Morgan fingerprint density at radius 2 is 1.19 bits per heavy atom. The molecule has 0 spiro atoms. The second-order valence-corrected chi connectivity index (χ2v) is 5.96. The van der Waals surface area contributed by atoms with Crippen molar-refractivity contribution in [2.24, 2.45) is 0 Å². The van der Waals surface area contributed by atoms with E-state index in [1.165, 1.54) is 49.0 Å². The van der Waals surface area contributed by atoms with Gasteiger partial charge in [-0.3, -0.25) is 0 Å². The number of fused-ring (bicyclic) bond motifs is 4. The fourth-order valence-electron chi connectivity index (χ4n) is 3.74. The summed E-state index contributed by atoms with van der Waals surface area (Å²) in [6, 6.07) is 19.9. The van der Waals surface area contributed by atoms with Crippen molar-refractivity contribution in [1.29, 1.82) is 0 Å². The highest BCUT2D eigenvalue weighted by atomic mass is 14.2. The average Bonchev–Trinajstić information content (AvgIpc) is 2.51. The predicted octanol–water partition coefficient (Wildman–Crippen LogP) is 6.07. The molecular weight excluding hydrogens is 252 g/mol. The molecule has 0 nitrogen and oxygen atoms in total. The van der Waals surface area contributed by atoms with Crippen molar-refractivity contribution >= 4 is 32.3 Å². The summed E-state index contributed by atoms with van der Waals surface area (Å²) in [5.74, 6) is 0. The third-order valence-corrected chi connectivity index (χ3v) is 4.76. The van der Waals surface area contributed by atoms with Crippen LogP contribution in [0.5, 0.6) is 0 Å². The Bertz CT molecular complexity index is 1010. The van der Waals surface area contributed by atoms with Crippen molar-refractivity contribution in [2.75, 3.05) is 0 Å². The lowest BCUT2D eigenvalue weighted by molar-refractivity contribution is 1.47. The topological polar surface area (TPSA) is 0 Å². The first-order valence-electron chi connectivity index (χ1n) is 7.48. The molecule has 4 aromatic carbocycles. The van der Waals surface area contributed by atoms with Gasteiger partial charge in [-0.1, -0.05) is 54.6 Å². The van der Waals surface area contributed by atoms with E-state index in [2.05, 4.69) is 75.4 Å². The first-order valence-corrected chi connectivity index (χ1v) is 7.48. The molecule has 0 aromatic heterocycles. The predicted molar refractivity (Wildman–Crippen MR) is 93.2 cm³/mol. The third-order valence-electron chi connectivity index (χ3n) is 4.76. The molecule has 0 unspecified atom stereocenters. The molecule has 0 atom stereocenters. The summed E-state index contributed by atoms with van der Waals surface area (Å²) < 4.78 is 0. The van der Waals surface area contributed by atoms with Gasteiger partial charge < -0.3 is 0 Å². The number of rotatable bonds is 0. The number of benzene rings is 4. The van der Waals surface area contributed by atoms with Crippen molar-refractivity contribution in [3.63, 3.8) is 0 Å². The van der Waals surface area contributed by atoms with Crippen LogP contribution < -0.4 is 0 Å². The summed E-state index contributed by atoms with van der Waals surface area (Å²) in [7, 11) is 0. The molecule has 4 rings (SSSR count). The Morgan fingerprint density at radius 1 is 0.524 bits per heavy atom. The summed E-state index contributed by atoms with van der Waals surface area (Å²) in [5, 5.41) is 8.27. The van der Waals surface area contributed by atoms with Crippen LogP contribution in [0.3, 0.4) is 0 Å². The molecule has 0 amide bonds. The SMILES string of the molecule is Cc1cccc2c(C)c3c(ccc4ccccc43)c(C)c12. The Kier molecular flexibility index (Phi) is 2.56. The van der Waals surface area contributed by atoms with Crippen molar-refractivity contribution in [1.82, 2.24) is 0 Å². The monoisotopic (exact) mass is 270 g/mol. The van der Waals surface area contributed by atoms with Crippen LogP contribution in [0, 0.1) is 20.8 Å². The second kappa shape index (κ2) is 4.33. The van der Waals surface area contributed by atoms with E-state index in [1.54, 1.807) is 0 Å². The van der Waals surface area contributed by atoms with Crippen LogP contribution in [-0.4, -0.2) is 0 Å². The molecule has 0 aliphatic heterocycles. The molecule has 102 valence electrons. The summed E-state index contributed by atoms with van der Waals surface area (Å²) in [4.78, 5) is 0. The van der Waals surface area contributed by atoms with Crippen molar-refractivity contribution < 1.29 is 0 Å². The highest BCUT2D eigenvalue weighted by Gasteiger charge is 2.12. The van der Waals surface area contributed by atoms with Crippen molar-refractivity contribution in [2.45, 2.75) is 20.8 Å². The minimum atomic E-state index is 1.32. The quantitative estimate of drug-likeness (QED) is 0.268. The summed E-state index contributed by atoms with van der Waals surface area (Å²) >= 11 is 0. The van der Waals surface area contributed by atoms with Crippen molar-refractivity contribution in [3.05, 3.63) is 71.3 Å². The largest absolute Gasteiger partial charge is 0.0616 e. The maximum atomic E-state index is 2.28. The molecule has 0 fully saturated rings. The Morgan fingerprint density at radius 3 is 2.05 bits per heavy atom. The van der Waals surface area contributed by atoms with E-state index in [4.69, 9.17) is 0 Å². The van der Waals surface area contributed by atoms with Crippen LogP contribution in [-0.2, 0) is 0 Å². The summed E-state index contributed by atoms with van der Waals surface area (Å²) in [6.07, 6.45) is 0. The van der Waals surface area contributed by atoms with Gasteiger partial charge in [0.2, 0.25) is 0 Å². The van der Waals surface area contributed by atoms with Gasteiger partial charge >= 0.3 is 0 Å². The number of hydrogen-bond acceptors (Lipinski definition) is 0. The van der Waals surface area contributed by atoms with E-state index in [9.17, 15) is 0 Å². The van der Waals surface area contributed by atoms with Crippen LogP contribution >= 0.6 is 0 Å². The van der Waals surface area contributed by atoms with Crippen LogP contribution in [0.2, 0.25) is 0 Å². The smallest absolute Gasteiger partial charge is 0.00670 e. The van der Waals surface area contributed by atoms with Crippen molar-refractivity contribution in [3.8, 4) is 0 Å². The van der Waals surface area contributed by atoms with Gasteiger partial charge in [0.25, 0.3) is 0 Å². The van der Waals surface area contributed by atoms with Gasteiger partial charge in [0, 0.05) is 0 Å². The highest BCUT2D eigenvalue weighted by Crippen LogP contribution is 2.37. The maximum absolute atomic E-state index is 2.28. The molecule has 0 saturated carbocycles. The Labute approximate surface area is 125 Å². The van der Waals surface area contributed by atoms with E-state index in [-0.39, 0.29) is 0 Å². The van der Waals surface area contributed by atoms with Crippen LogP contribution in [0.1, 0.15) is 16.7 Å². The molecule has 21 heavy (non-hydrogen) atoms. The van der Waals surface area contributed by atoms with Gasteiger partial charge in [0.1, 0.15) is 0 Å². The van der Waals surface area contributed by atoms with E-state index in [0.29, 0.717) is 0 Å². The molecule has 0 radical (unpaired) electrons. The minimum absolute atomic E-state index is 1.32. The van der Waals surface area contributed by atoms with Gasteiger partial charge in [0.15, 0.2) is 0 Å². The zero-order valence-corrected chi connectivity index (χ0v) is 12.7. The van der Waals surface area contributed by atoms with Gasteiger partial charge in [-0.25, -0.2) is 0 Å². The number of aryl methyl sites for hydroxylation is 3. The molecule has 0 heteroatoms. The lowest BCUT2D eigenvalue weighted by atomic mass is 9.88.